The molecule has 2 aliphatic rings. The van der Waals surface area contributed by atoms with Gasteiger partial charge in [0.15, 0.2) is 12.4 Å². The van der Waals surface area contributed by atoms with E-state index in [2.05, 4.69) is 11.4 Å². The number of nitro groups is 1. The maximum absolute atomic E-state index is 11.7. The number of nitriles is 1. The van der Waals surface area contributed by atoms with Gasteiger partial charge in [0, 0.05) is 30.2 Å². The lowest BCUT2D eigenvalue weighted by atomic mass is 9.72. The summed E-state index contributed by atoms with van der Waals surface area (Å²) in [6, 6.07) is 11.9. The fraction of sp³-hybridized carbons (Fsp3) is 0.381. The third kappa shape index (κ3) is 3.37. The Kier molecular flexibility index (Phi) is 4.81. The van der Waals surface area contributed by atoms with Crippen LogP contribution in [0.1, 0.15) is 35.9 Å². The monoisotopic (exact) mass is 409 g/mol. The highest BCUT2D eigenvalue weighted by Crippen LogP contribution is 2.51. The maximum atomic E-state index is 11.7. The van der Waals surface area contributed by atoms with Gasteiger partial charge in [-0.3, -0.25) is 10.1 Å². The molecular weight excluding hydrogens is 388 g/mol. The molecule has 4 atom stereocenters. The quantitative estimate of drug-likeness (QED) is 0.348. The van der Waals surface area contributed by atoms with Crippen LogP contribution in [0.3, 0.4) is 0 Å². The topological polar surface area (TPSA) is 103 Å². The number of nitrogens with zero attached hydrogens (tertiary/aromatic N) is 3. The summed E-state index contributed by atoms with van der Waals surface area (Å²) in [5.74, 6) is -1.09. The smallest absolute Gasteiger partial charge is 0.269 e. The van der Waals surface area contributed by atoms with E-state index in [1.807, 2.05) is 36.0 Å². The molecule has 1 saturated carbocycles. The van der Waals surface area contributed by atoms with Crippen LogP contribution >= 0.6 is 12.2 Å². The number of aromatic nitrogens is 1. The standard InChI is InChI=1S/C21H20N4O3S/c1-13-8-10-24(11-9-13)19-18(14-2-6-16(7-3-14)25(27)28)17(12-22)20(29)23-21(19,26)15-4-5-15/h2-3,6-11,15,17-19,26H,4-5H2,1H3/p+1/t17-,18-,19+,21+/m1/s1. The molecule has 4 rings (SSSR count). The number of aryl methyl sites for hydroxylation is 1. The second-order valence-electron chi connectivity index (χ2n) is 7.84. The first-order valence-corrected chi connectivity index (χ1v) is 9.91. The van der Waals surface area contributed by atoms with E-state index in [1.54, 1.807) is 12.1 Å². The molecule has 1 aliphatic heterocycles. The van der Waals surface area contributed by atoms with Crippen molar-refractivity contribution in [1.29, 1.82) is 5.26 Å². The Morgan fingerprint density at radius 2 is 1.90 bits per heavy atom. The summed E-state index contributed by atoms with van der Waals surface area (Å²) < 4.78 is 1.93. The van der Waals surface area contributed by atoms with Gasteiger partial charge in [-0.1, -0.05) is 24.4 Å². The molecule has 0 bridgehead atoms. The number of rotatable bonds is 4. The molecule has 1 aliphatic carbocycles. The second-order valence-corrected chi connectivity index (χ2v) is 8.28. The number of pyridine rings is 1. The minimum atomic E-state index is -1.29. The summed E-state index contributed by atoms with van der Waals surface area (Å²) in [5, 5.41) is 35.7. The lowest BCUT2D eigenvalue weighted by Crippen LogP contribution is -2.69. The van der Waals surface area contributed by atoms with E-state index in [4.69, 9.17) is 12.2 Å². The predicted molar refractivity (Wildman–Crippen MR) is 109 cm³/mol. The molecular formula is C21H21N4O3S+. The normalized spacial score (nSPS) is 29.0. The van der Waals surface area contributed by atoms with Crippen LogP contribution in [0.5, 0.6) is 0 Å². The lowest BCUT2D eigenvalue weighted by molar-refractivity contribution is -0.744. The van der Waals surface area contributed by atoms with Crippen molar-refractivity contribution in [2.75, 3.05) is 0 Å². The second kappa shape index (κ2) is 7.17. The van der Waals surface area contributed by atoms with Gasteiger partial charge in [-0.25, -0.2) is 0 Å². The minimum absolute atomic E-state index is 0.0178. The molecule has 7 nitrogen and oxygen atoms in total. The fourth-order valence-corrected chi connectivity index (χ4v) is 4.64. The third-order valence-electron chi connectivity index (χ3n) is 5.92. The van der Waals surface area contributed by atoms with Crippen LogP contribution in [0.4, 0.5) is 5.69 Å². The van der Waals surface area contributed by atoms with Crippen molar-refractivity contribution in [3.8, 4) is 6.07 Å². The molecule has 1 saturated heterocycles. The molecule has 0 amide bonds. The van der Waals surface area contributed by atoms with Crippen molar-refractivity contribution in [3.05, 3.63) is 70.0 Å². The fourth-order valence-electron chi connectivity index (χ4n) is 4.28. The average molecular weight is 409 g/mol. The summed E-state index contributed by atoms with van der Waals surface area (Å²) >= 11 is 5.48. The summed E-state index contributed by atoms with van der Waals surface area (Å²) in [6.45, 7) is 1.98. The van der Waals surface area contributed by atoms with E-state index in [0.29, 0.717) is 4.99 Å². The number of piperidine rings is 1. The first-order valence-electron chi connectivity index (χ1n) is 9.51. The number of benzene rings is 1. The zero-order chi connectivity index (χ0) is 20.8. The van der Waals surface area contributed by atoms with Crippen molar-refractivity contribution in [2.24, 2.45) is 11.8 Å². The molecule has 2 aromatic rings. The summed E-state index contributed by atoms with van der Waals surface area (Å²) in [5.41, 5.74) is 0.509. The first-order chi connectivity index (χ1) is 13.8. The van der Waals surface area contributed by atoms with Crippen molar-refractivity contribution >= 4 is 22.9 Å². The van der Waals surface area contributed by atoms with Gasteiger partial charge in [0.1, 0.15) is 5.92 Å². The number of hydrogen-bond donors (Lipinski definition) is 2. The molecule has 0 unspecified atom stereocenters. The highest BCUT2D eigenvalue weighted by Gasteiger charge is 2.62. The van der Waals surface area contributed by atoms with E-state index in [0.717, 1.165) is 24.0 Å². The number of hydrogen-bond acceptors (Lipinski definition) is 5. The predicted octanol–water partition coefficient (Wildman–Crippen LogP) is 2.68. The molecule has 2 N–H and O–H groups in total. The van der Waals surface area contributed by atoms with Gasteiger partial charge in [0.2, 0.25) is 11.8 Å². The third-order valence-corrected chi connectivity index (χ3v) is 6.28. The van der Waals surface area contributed by atoms with Gasteiger partial charge in [0.05, 0.1) is 21.9 Å². The number of nitrogens with one attached hydrogen (secondary N) is 1. The summed E-state index contributed by atoms with van der Waals surface area (Å²) in [4.78, 5) is 10.9. The van der Waals surface area contributed by atoms with Gasteiger partial charge in [-0.05, 0) is 30.9 Å². The van der Waals surface area contributed by atoms with Crippen molar-refractivity contribution < 1.29 is 14.6 Å². The van der Waals surface area contributed by atoms with Crippen LogP contribution in [0.25, 0.3) is 0 Å². The van der Waals surface area contributed by atoms with Gasteiger partial charge < -0.3 is 10.4 Å². The van der Waals surface area contributed by atoms with Gasteiger partial charge >= 0.3 is 0 Å². The molecule has 2 heterocycles. The highest BCUT2D eigenvalue weighted by molar-refractivity contribution is 7.80. The maximum Gasteiger partial charge on any atom is 0.269 e. The molecule has 0 radical (unpaired) electrons. The number of nitro benzene ring substituents is 1. The molecule has 2 fully saturated rings. The minimum Gasteiger partial charge on any atom is -0.365 e. The average Bonchev–Trinajstić information content (AvgIpc) is 3.54. The van der Waals surface area contributed by atoms with Crippen LogP contribution < -0.4 is 9.88 Å². The Morgan fingerprint density at radius 3 is 2.41 bits per heavy atom. The number of aliphatic hydroxyl groups is 1. The Bertz CT molecular complexity index is 998. The Labute approximate surface area is 173 Å². The Hall–Kier alpha value is -2.89. The van der Waals surface area contributed by atoms with Crippen LogP contribution in [0.15, 0.2) is 48.8 Å². The SMILES string of the molecule is Cc1cc[n+]([C@H]2[C@H](c3ccc([N+](=O)[O-])cc3)[C@@H](C#N)C(=S)N[C@]2(O)C2CC2)cc1. The Morgan fingerprint density at radius 1 is 1.28 bits per heavy atom. The van der Waals surface area contributed by atoms with Gasteiger partial charge in [0.25, 0.3) is 5.69 Å². The number of non-ortho nitro benzene ring substituents is 1. The zero-order valence-electron chi connectivity index (χ0n) is 15.9. The van der Waals surface area contributed by atoms with E-state index < -0.39 is 28.5 Å². The van der Waals surface area contributed by atoms with Gasteiger partial charge in [-0.15, -0.1) is 0 Å². The van der Waals surface area contributed by atoms with Crippen LogP contribution in [-0.4, -0.2) is 20.7 Å². The molecule has 148 valence electrons. The van der Waals surface area contributed by atoms with Crippen LogP contribution in [0.2, 0.25) is 0 Å². The number of thiocarbonyl (C=S) groups is 1. The van der Waals surface area contributed by atoms with Crippen LogP contribution in [-0.2, 0) is 0 Å². The molecule has 29 heavy (non-hydrogen) atoms. The molecule has 8 heteroatoms. The van der Waals surface area contributed by atoms with Crippen molar-refractivity contribution in [1.82, 2.24) is 5.32 Å². The summed E-state index contributed by atoms with van der Waals surface area (Å²) in [7, 11) is 0. The van der Waals surface area contributed by atoms with E-state index in [-0.39, 0.29) is 11.6 Å². The van der Waals surface area contributed by atoms with Gasteiger partial charge in [-0.2, -0.15) is 9.83 Å². The molecule has 1 aromatic heterocycles. The molecule has 0 spiro atoms. The summed E-state index contributed by atoms with van der Waals surface area (Å²) in [6.07, 6.45) is 5.55. The van der Waals surface area contributed by atoms with Crippen molar-refractivity contribution in [2.45, 2.75) is 37.5 Å². The van der Waals surface area contributed by atoms with Crippen LogP contribution in [0, 0.1) is 40.2 Å². The molecule has 1 aromatic carbocycles. The zero-order valence-corrected chi connectivity index (χ0v) is 16.7. The van der Waals surface area contributed by atoms with E-state index >= 15 is 0 Å². The van der Waals surface area contributed by atoms with E-state index in [1.165, 1.54) is 12.1 Å². The van der Waals surface area contributed by atoms with E-state index in [9.17, 15) is 20.5 Å². The lowest BCUT2D eigenvalue weighted by Gasteiger charge is -2.44. The first kappa shape index (κ1) is 19.4. The largest absolute Gasteiger partial charge is 0.365 e. The highest BCUT2D eigenvalue weighted by atomic mass is 32.1. The van der Waals surface area contributed by atoms with Crippen molar-refractivity contribution in [3.63, 3.8) is 0 Å². The Balaban J connectivity index is 1.88.